The van der Waals surface area contributed by atoms with Crippen LogP contribution in [0.5, 0.6) is 11.5 Å². The van der Waals surface area contributed by atoms with Crippen LogP contribution in [0.2, 0.25) is 0 Å². The fourth-order valence-electron chi connectivity index (χ4n) is 5.37. The molecular formula is C36H33F7O4. The largest absolute Gasteiger partial charge is 0.488 e. The summed E-state index contributed by atoms with van der Waals surface area (Å²) in [7, 11) is 0. The van der Waals surface area contributed by atoms with Crippen LogP contribution in [0.3, 0.4) is 0 Å². The third-order valence-electron chi connectivity index (χ3n) is 7.79. The highest BCUT2D eigenvalue weighted by molar-refractivity contribution is 5.71. The van der Waals surface area contributed by atoms with E-state index in [0.29, 0.717) is 24.3 Å². The van der Waals surface area contributed by atoms with E-state index < -0.39 is 53.7 Å². The number of alkyl halides is 3. The summed E-state index contributed by atoms with van der Waals surface area (Å²) in [5.41, 5.74) is -0.502. The topological polar surface area (TPSA) is 36.9 Å². The van der Waals surface area contributed by atoms with Crippen LogP contribution in [0.15, 0.2) is 72.8 Å². The van der Waals surface area contributed by atoms with E-state index in [0.717, 1.165) is 56.0 Å². The van der Waals surface area contributed by atoms with E-state index in [4.69, 9.17) is 18.9 Å². The van der Waals surface area contributed by atoms with Crippen LogP contribution in [0.4, 0.5) is 30.7 Å². The Labute approximate surface area is 268 Å². The second-order valence-electron chi connectivity index (χ2n) is 11.2. The van der Waals surface area contributed by atoms with E-state index in [9.17, 15) is 17.6 Å². The first-order valence-electron chi connectivity index (χ1n) is 15.3. The van der Waals surface area contributed by atoms with Gasteiger partial charge in [-0.1, -0.05) is 56.5 Å². The first kappa shape index (κ1) is 34.3. The lowest BCUT2D eigenvalue weighted by atomic mass is 9.99. The van der Waals surface area contributed by atoms with Gasteiger partial charge in [0, 0.05) is 17.0 Å². The number of unbranched alkanes of at least 4 members (excludes halogenated alkanes) is 2. The molecule has 0 aliphatic carbocycles. The normalized spacial score (nSPS) is 16.7. The molecule has 0 unspecified atom stereocenters. The van der Waals surface area contributed by atoms with Crippen LogP contribution in [-0.4, -0.2) is 26.5 Å². The van der Waals surface area contributed by atoms with Crippen molar-refractivity contribution in [1.29, 1.82) is 0 Å². The SMILES string of the molecule is CCCCCC1COC(c2cc(F)c(C(F)(F)Oc3ccc(-c4ccc(-c5ccc(OCCF)c(F)c5)c(F)c4)cc3)c(F)c2)OC1. The van der Waals surface area contributed by atoms with Crippen LogP contribution in [-0.2, 0) is 15.6 Å². The molecule has 0 bridgehead atoms. The van der Waals surface area contributed by atoms with Gasteiger partial charge in [0.1, 0.15) is 42.0 Å². The third-order valence-corrected chi connectivity index (χ3v) is 7.79. The molecule has 0 aromatic heterocycles. The van der Waals surface area contributed by atoms with Crippen LogP contribution < -0.4 is 9.47 Å². The zero-order valence-corrected chi connectivity index (χ0v) is 25.5. The molecule has 4 aromatic rings. The number of hydrogen-bond acceptors (Lipinski definition) is 4. The molecule has 1 heterocycles. The monoisotopic (exact) mass is 662 g/mol. The predicted molar refractivity (Wildman–Crippen MR) is 162 cm³/mol. The molecule has 0 saturated carbocycles. The zero-order valence-electron chi connectivity index (χ0n) is 25.5. The van der Waals surface area contributed by atoms with Gasteiger partial charge in [-0.25, -0.2) is 22.0 Å². The molecule has 5 rings (SSSR count). The Morgan fingerprint density at radius 1 is 0.745 bits per heavy atom. The smallest absolute Gasteiger partial charge is 0.432 e. The fraction of sp³-hybridized carbons (Fsp3) is 0.333. The maximum Gasteiger partial charge on any atom is 0.432 e. The summed E-state index contributed by atoms with van der Waals surface area (Å²) >= 11 is 0. The molecule has 0 spiro atoms. The Balaban J connectivity index is 1.25. The Hall–Kier alpha value is -4.09. The Bertz CT molecular complexity index is 1630. The highest BCUT2D eigenvalue weighted by atomic mass is 19.3. The minimum absolute atomic E-state index is 0.0566. The highest BCUT2D eigenvalue weighted by Gasteiger charge is 2.42. The summed E-state index contributed by atoms with van der Waals surface area (Å²) < 4.78 is 123. The summed E-state index contributed by atoms with van der Waals surface area (Å²) in [6.07, 6.45) is -1.39. The summed E-state index contributed by atoms with van der Waals surface area (Å²) in [6.45, 7) is 1.66. The fourth-order valence-corrected chi connectivity index (χ4v) is 5.37. The molecule has 0 N–H and O–H groups in total. The van der Waals surface area contributed by atoms with Crippen molar-refractivity contribution in [1.82, 2.24) is 0 Å². The maximum atomic E-state index is 15.1. The van der Waals surface area contributed by atoms with E-state index in [-0.39, 0.29) is 35.0 Å². The predicted octanol–water partition coefficient (Wildman–Crippen LogP) is 10.3. The van der Waals surface area contributed by atoms with Gasteiger partial charge < -0.3 is 18.9 Å². The molecule has 1 saturated heterocycles. The van der Waals surface area contributed by atoms with Gasteiger partial charge in [-0.15, -0.1) is 0 Å². The van der Waals surface area contributed by atoms with Crippen LogP contribution >= 0.6 is 0 Å². The van der Waals surface area contributed by atoms with E-state index in [1.165, 1.54) is 36.4 Å². The molecule has 0 amide bonds. The highest BCUT2D eigenvalue weighted by Crippen LogP contribution is 2.38. The van der Waals surface area contributed by atoms with Gasteiger partial charge in [-0.05, 0) is 65.6 Å². The molecule has 4 aromatic carbocycles. The second kappa shape index (κ2) is 15.2. The van der Waals surface area contributed by atoms with Crippen molar-refractivity contribution in [3.05, 3.63) is 107 Å². The molecule has 1 aliphatic rings. The Kier molecular flexibility index (Phi) is 11.1. The molecule has 1 fully saturated rings. The minimum atomic E-state index is -4.37. The number of halogens is 7. The van der Waals surface area contributed by atoms with Crippen molar-refractivity contribution in [2.45, 2.75) is 45.0 Å². The number of ether oxygens (including phenoxy) is 4. The number of rotatable bonds is 13. The average molecular weight is 663 g/mol. The summed E-state index contributed by atoms with van der Waals surface area (Å²) in [4.78, 5) is 0. The van der Waals surface area contributed by atoms with Crippen molar-refractivity contribution in [2.24, 2.45) is 5.92 Å². The molecule has 0 radical (unpaired) electrons. The molecule has 250 valence electrons. The van der Waals surface area contributed by atoms with Gasteiger partial charge in [0.05, 0.1) is 13.2 Å². The lowest BCUT2D eigenvalue weighted by Gasteiger charge is -2.30. The van der Waals surface area contributed by atoms with Gasteiger partial charge in [0.15, 0.2) is 17.9 Å². The Morgan fingerprint density at radius 2 is 1.38 bits per heavy atom. The molecule has 47 heavy (non-hydrogen) atoms. The molecule has 4 nitrogen and oxygen atoms in total. The van der Waals surface area contributed by atoms with E-state index in [1.54, 1.807) is 6.07 Å². The van der Waals surface area contributed by atoms with Crippen molar-refractivity contribution in [2.75, 3.05) is 26.5 Å². The maximum absolute atomic E-state index is 15.1. The molecule has 0 atom stereocenters. The standard InChI is InChI=1S/C36H33F7O4/c1-2-3-4-5-22-20-45-35(46-21-22)26-18-31(40)34(32(41)19-26)36(42,43)47-27-10-6-23(7-11-27)24-8-12-28(29(38)16-24)25-9-13-33(30(39)17-25)44-15-14-37/h6-13,16-19,22,35H,2-5,14-15,20-21H2,1H3. The van der Waals surface area contributed by atoms with Gasteiger partial charge in [0.25, 0.3) is 0 Å². The Morgan fingerprint density at radius 3 is 2.00 bits per heavy atom. The van der Waals surface area contributed by atoms with Crippen molar-refractivity contribution >= 4 is 0 Å². The lowest BCUT2D eigenvalue weighted by Crippen LogP contribution is -2.28. The second-order valence-corrected chi connectivity index (χ2v) is 11.2. The molecule has 11 heteroatoms. The van der Waals surface area contributed by atoms with Crippen LogP contribution in [0.25, 0.3) is 22.3 Å². The van der Waals surface area contributed by atoms with E-state index in [2.05, 4.69) is 6.92 Å². The van der Waals surface area contributed by atoms with Crippen molar-refractivity contribution in [3.63, 3.8) is 0 Å². The lowest BCUT2D eigenvalue weighted by molar-refractivity contribution is -0.206. The minimum Gasteiger partial charge on any atom is -0.488 e. The van der Waals surface area contributed by atoms with Crippen molar-refractivity contribution < 1.29 is 49.7 Å². The first-order valence-corrected chi connectivity index (χ1v) is 15.3. The van der Waals surface area contributed by atoms with E-state index >= 15 is 13.2 Å². The van der Waals surface area contributed by atoms with Gasteiger partial charge in [0.2, 0.25) is 0 Å². The van der Waals surface area contributed by atoms with Crippen LogP contribution in [0.1, 0.15) is 50.0 Å². The third kappa shape index (κ3) is 8.26. The quantitative estimate of drug-likeness (QED) is 0.106. The summed E-state index contributed by atoms with van der Waals surface area (Å²) in [5, 5.41) is 0. The van der Waals surface area contributed by atoms with Gasteiger partial charge in [-0.2, -0.15) is 8.78 Å². The van der Waals surface area contributed by atoms with Crippen molar-refractivity contribution in [3.8, 4) is 33.8 Å². The number of hydrogen-bond donors (Lipinski definition) is 0. The summed E-state index contributed by atoms with van der Waals surface area (Å²) in [6, 6.07) is 14.5. The zero-order chi connectivity index (χ0) is 33.6. The first-order chi connectivity index (χ1) is 22.6. The van der Waals surface area contributed by atoms with Gasteiger partial charge in [-0.3, -0.25) is 0 Å². The van der Waals surface area contributed by atoms with Gasteiger partial charge >= 0.3 is 6.11 Å². The average Bonchev–Trinajstić information content (AvgIpc) is 3.04. The number of benzene rings is 4. The summed E-state index contributed by atoms with van der Waals surface area (Å²) in [5.74, 6) is -4.89. The van der Waals surface area contributed by atoms with E-state index in [1.807, 2.05) is 0 Å². The van der Waals surface area contributed by atoms with Crippen LogP contribution in [0, 0.1) is 29.2 Å². The molecular weight excluding hydrogens is 629 g/mol. The molecule has 1 aliphatic heterocycles.